The van der Waals surface area contributed by atoms with Gasteiger partial charge in [-0.1, -0.05) is 13.3 Å². The highest BCUT2D eigenvalue weighted by Crippen LogP contribution is 2.37. The highest BCUT2D eigenvalue weighted by Gasteiger charge is 2.38. The molecule has 24 heavy (non-hydrogen) atoms. The molecule has 1 aromatic heterocycles. The Kier molecular flexibility index (Phi) is 4.50. The van der Waals surface area contributed by atoms with E-state index in [-0.39, 0.29) is 5.91 Å². The Labute approximate surface area is 143 Å². The van der Waals surface area contributed by atoms with Crippen molar-refractivity contribution in [3.8, 4) is 0 Å². The maximum Gasteiger partial charge on any atom is 0.272 e. The van der Waals surface area contributed by atoms with E-state index in [1.807, 2.05) is 4.90 Å². The summed E-state index contributed by atoms with van der Waals surface area (Å²) in [7, 11) is 0. The standard InChI is InChI=1S/C18H26N4O2/c1-2-13-11-22(12-16(13)21-7-9-24-10-8-21)18(23)15-5-6-19-17(20-15)14-3-4-14/h5-6,13-14,16H,2-4,7-12H2,1H3/t13-,16+/m1/s1. The molecule has 1 amide bonds. The van der Waals surface area contributed by atoms with Crippen LogP contribution in [0.2, 0.25) is 0 Å². The lowest BCUT2D eigenvalue weighted by Crippen LogP contribution is -2.47. The third-order valence-electron chi connectivity index (χ3n) is 5.57. The number of hydrogen-bond acceptors (Lipinski definition) is 5. The van der Waals surface area contributed by atoms with Gasteiger partial charge in [0.2, 0.25) is 0 Å². The minimum Gasteiger partial charge on any atom is -0.379 e. The van der Waals surface area contributed by atoms with E-state index in [1.165, 1.54) is 0 Å². The van der Waals surface area contributed by atoms with Gasteiger partial charge in [0, 0.05) is 44.3 Å². The van der Waals surface area contributed by atoms with Gasteiger partial charge in [-0.05, 0) is 24.8 Å². The van der Waals surface area contributed by atoms with Gasteiger partial charge in [-0.15, -0.1) is 0 Å². The lowest BCUT2D eigenvalue weighted by atomic mass is 9.99. The van der Waals surface area contributed by atoms with Gasteiger partial charge in [-0.25, -0.2) is 9.97 Å². The van der Waals surface area contributed by atoms with E-state index in [9.17, 15) is 4.79 Å². The van der Waals surface area contributed by atoms with Crippen molar-refractivity contribution in [2.75, 3.05) is 39.4 Å². The largest absolute Gasteiger partial charge is 0.379 e. The number of ether oxygens (including phenoxy) is 1. The molecule has 3 fully saturated rings. The lowest BCUT2D eigenvalue weighted by molar-refractivity contribution is 0.0102. The van der Waals surface area contributed by atoms with E-state index in [2.05, 4.69) is 21.8 Å². The molecular weight excluding hydrogens is 304 g/mol. The number of rotatable bonds is 4. The van der Waals surface area contributed by atoms with Crippen molar-refractivity contribution in [2.24, 2.45) is 5.92 Å². The molecule has 0 N–H and O–H groups in total. The third-order valence-corrected chi connectivity index (χ3v) is 5.57. The van der Waals surface area contributed by atoms with Gasteiger partial charge < -0.3 is 9.64 Å². The fraction of sp³-hybridized carbons (Fsp3) is 0.722. The van der Waals surface area contributed by atoms with Crippen LogP contribution in [0.15, 0.2) is 12.3 Å². The maximum absolute atomic E-state index is 12.9. The highest BCUT2D eigenvalue weighted by atomic mass is 16.5. The fourth-order valence-electron chi connectivity index (χ4n) is 3.94. The van der Waals surface area contributed by atoms with E-state index in [1.54, 1.807) is 12.3 Å². The number of hydrogen-bond donors (Lipinski definition) is 0. The number of morpholine rings is 1. The summed E-state index contributed by atoms with van der Waals surface area (Å²) in [5.74, 6) is 1.92. The molecule has 2 aliphatic heterocycles. The van der Waals surface area contributed by atoms with Gasteiger partial charge in [0.25, 0.3) is 5.91 Å². The van der Waals surface area contributed by atoms with Crippen molar-refractivity contribution in [1.82, 2.24) is 19.8 Å². The first-order valence-corrected chi connectivity index (χ1v) is 9.20. The van der Waals surface area contributed by atoms with Gasteiger partial charge in [0.15, 0.2) is 0 Å². The summed E-state index contributed by atoms with van der Waals surface area (Å²) < 4.78 is 5.47. The zero-order valence-electron chi connectivity index (χ0n) is 14.4. The number of amides is 1. The molecule has 0 unspecified atom stereocenters. The molecule has 6 heteroatoms. The van der Waals surface area contributed by atoms with E-state index >= 15 is 0 Å². The summed E-state index contributed by atoms with van der Waals surface area (Å²) in [6, 6.07) is 2.21. The summed E-state index contributed by atoms with van der Waals surface area (Å²) in [6.07, 6.45) is 5.14. The topological polar surface area (TPSA) is 58.6 Å². The van der Waals surface area contributed by atoms with Crippen LogP contribution in [0.4, 0.5) is 0 Å². The van der Waals surface area contributed by atoms with Crippen LogP contribution in [0.1, 0.15) is 48.4 Å². The number of nitrogens with zero attached hydrogens (tertiary/aromatic N) is 4. The molecule has 1 aromatic rings. The Morgan fingerprint density at radius 3 is 2.79 bits per heavy atom. The maximum atomic E-state index is 12.9. The summed E-state index contributed by atoms with van der Waals surface area (Å²) in [5, 5.41) is 0. The van der Waals surface area contributed by atoms with E-state index in [0.717, 1.165) is 64.5 Å². The number of carbonyl (C=O) groups is 1. The average Bonchev–Trinajstić information content (AvgIpc) is 3.41. The first kappa shape index (κ1) is 16.0. The molecule has 0 bridgehead atoms. The van der Waals surface area contributed by atoms with Crippen molar-refractivity contribution < 1.29 is 9.53 Å². The van der Waals surface area contributed by atoms with Crippen LogP contribution in [0.3, 0.4) is 0 Å². The highest BCUT2D eigenvalue weighted by molar-refractivity contribution is 5.92. The van der Waals surface area contributed by atoms with Crippen molar-refractivity contribution >= 4 is 5.91 Å². The third kappa shape index (κ3) is 3.17. The molecule has 3 heterocycles. The monoisotopic (exact) mass is 330 g/mol. The molecule has 0 spiro atoms. The Balaban J connectivity index is 1.47. The molecule has 130 valence electrons. The van der Waals surface area contributed by atoms with Crippen LogP contribution in [-0.4, -0.2) is 71.1 Å². The molecule has 6 nitrogen and oxygen atoms in total. The van der Waals surface area contributed by atoms with E-state index in [0.29, 0.717) is 23.6 Å². The van der Waals surface area contributed by atoms with E-state index in [4.69, 9.17) is 4.74 Å². The second-order valence-corrected chi connectivity index (χ2v) is 7.17. The number of likely N-dealkylation sites (tertiary alicyclic amines) is 1. The molecule has 2 saturated heterocycles. The first-order valence-electron chi connectivity index (χ1n) is 9.20. The molecular formula is C18H26N4O2. The SMILES string of the molecule is CC[C@@H]1CN(C(=O)c2ccnc(C3CC3)n2)C[C@@H]1N1CCOCC1. The zero-order chi connectivity index (χ0) is 16.5. The van der Waals surface area contributed by atoms with Crippen molar-refractivity contribution in [3.63, 3.8) is 0 Å². The normalized spacial score (nSPS) is 28.3. The Bertz CT molecular complexity index is 598. The molecule has 0 radical (unpaired) electrons. The van der Waals surface area contributed by atoms with Crippen LogP contribution in [0, 0.1) is 5.92 Å². The smallest absolute Gasteiger partial charge is 0.272 e. The van der Waals surface area contributed by atoms with Gasteiger partial charge in [0.05, 0.1) is 13.2 Å². The average molecular weight is 330 g/mol. The first-order chi connectivity index (χ1) is 11.8. The minimum atomic E-state index is 0.0634. The molecule has 2 atom stereocenters. The summed E-state index contributed by atoms with van der Waals surface area (Å²) in [5.41, 5.74) is 0.560. The van der Waals surface area contributed by atoms with Crippen molar-refractivity contribution in [2.45, 2.75) is 38.1 Å². The van der Waals surface area contributed by atoms with Gasteiger partial charge in [0.1, 0.15) is 11.5 Å². The van der Waals surface area contributed by atoms with E-state index < -0.39 is 0 Å². The van der Waals surface area contributed by atoms with Crippen molar-refractivity contribution in [1.29, 1.82) is 0 Å². The predicted octanol–water partition coefficient (Wildman–Crippen LogP) is 1.54. The minimum absolute atomic E-state index is 0.0634. The molecule has 1 aliphatic carbocycles. The van der Waals surface area contributed by atoms with Gasteiger partial charge in [-0.2, -0.15) is 0 Å². The molecule has 1 saturated carbocycles. The zero-order valence-corrected chi connectivity index (χ0v) is 14.4. The molecule has 4 rings (SSSR count). The summed E-state index contributed by atoms with van der Waals surface area (Å²) >= 11 is 0. The summed E-state index contributed by atoms with van der Waals surface area (Å²) in [4.78, 5) is 26.3. The van der Waals surface area contributed by atoms with Crippen LogP contribution in [0.5, 0.6) is 0 Å². The number of aromatic nitrogens is 2. The van der Waals surface area contributed by atoms with Crippen LogP contribution in [-0.2, 0) is 4.74 Å². The predicted molar refractivity (Wildman–Crippen MR) is 89.9 cm³/mol. The van der Waals surface area contributed by atoms with Gasteiger partial charge in [-0.3, -0.25) is 9.69 Å². The van der Waals surface area contributed by atoms with Crippen LogP contribution >= 0.6 is 0 Å². The second-order valence-electron chi connectivity index (χ2n) is 7.17. The molecule has 0 aromatic carbocycles. The summed E-state index contributed by atoms with van der Waals surface area (Å²) in [6.45, 7) is 7.42. The molecule has 3 aliphatic rings. The fourth-order valence-corrected chi connectivity index (χ4v) is 3.94. The Hall–Kier alpha value is -1.53. The Morgan fingerprint density at radius 2 is 2.08 bits per heavy atom. The number of carbonyl (C=O) groups excluding carboxylic acids is 1. The quantitative estimate of drug-likeness (QED) is 0.838. The van der Waals surface area contributed by atoms with Crippen LogP contribution in [0.25, 0.3) is 0 Å². The van der Waals surface area contributed by atoms with Crippen molar-refractivity contribution in [3.05, 3.63) is 23.8 Å². The van der Waals surface area contributed by atoms with Crippen LogP contribution < -0.4 is 0 Å². The second kappa shape index (κ2) is 6.76. The Morgan fingerprint density at radius 1 is 1.29 bits per heavy atom. The lowest BCUT2D eigenvalue weighted by Gasteiger charge is -2.34. The van der Waals surface area contributed by atoms with Gasteiger partial charge >= 0.3 is 0 Å².